The molecule has 1 heterocycles. The Balaban J connectivity index is 2.12. The van der Waals surface area contributed by atoms with Gasteiger partial charge >= 0.3 is 0 Å². The Bertz CT molecular complexity index is 159. The number of aliphatic hydroxyl groups is 1. The molecule has 0 aromatic rings. The third-order valence-corrected chi connectivity index (χ3v) is 2.89. The minimum Gasteiger partial charge on any atom is -0.396 e. The first-order valence-corrected chi connectivity index (χ1v) is 5.91. The molecule has 90 valence electrons. The molecule has 1 atom stereocenters. The van der Waals surface area contributed by atoms with Gasteiger partial charge in [0.2, 0.25) is 0 Å². The summed E-state index contributed by atoms with van der Waals surface area (Å²) in [6.07, 6.45) is 2.59. The van der Waals surface area contributed by atoms with Gasteiger partial charge in [0.25, 0.3) is 0 Å². The summed E-state index contributed by atoms with van der Waals surface area (Å²) >= 11 is 0. The Morgan fingerprint density at radius 1 is 1.47 bits per heavy atom. The summed E-state index contributed by atoms with van der Waals surface area (Å²) in [5, 5.41) is 8.97. The van der Waals surface area contributed by atoms with E-state index in [1.807, 2.05) is 0 Å². The molecule has 0 aliphatic carbocycles. The highest BCUT2D eigenvalue weighted by Gasteiger charge is 2.20. The predicted octanol–water partition coefficient (Wildman–Crippen LogP) is 0.0545. The summed E-state index contributed by atoms with van der Waals surface area (Å²) in [7, 11) is 0. The van der Waals surface area contributed by atoms with Crippen molar-refractivity contribution in [3.8, 4) is 0 Å². The van der Waals surface area contributed by atoms with Crippen molar-refractivity contribution in [2.45, 2.75) is 25.9 Å². The molecule has 15 heavy (non-hydrogen) atoms. The Morgan fingerprint density at radius 3 is 2.67 bits per heavy atom. The van der Waals surface area contributed by atoms with Crippen LogP contribution >= 0.6 is 0 Å². The van der Waals surface area contributed by atoms with Gasteiger partial charge in [-0.2, -0.15) is 0 Å². The van der Waals surface area contributed by atoms with Crippen molar-refractivity contribution < 1.29 is 9.84 Å². The molecule has 1 aliphatic rings. The Morgan fingerprint density at radius 2 is 2.13 bits per heavy atom. The van der Waals surface area contributed by atoms with Crippen molar-refractivity contribution in [2.75, 3.05) is 39.4 Å². The molecule has 1 aliphatic heterocycles. The zero-order valence-corrected chi connectivity index (χ0v) is 9.69. The lowest BCUT2D eigenvalue weighted by Crippen LogP contribution is -2.40. The third kappa shape index (κ3) is 4.93. The molecule has 3 N–H and O–H groups in total. The summed E-state index contributed by atoms with van der Waals surface area (Å²) < 4.78 is 5.61. The number of likely N-dealkylation sites (tertiary alicyclic amines) is 1. The van der Waals surface area contributed by atoms with Gasteiger partial charge in [-0.1, -0.05) is 6.92 Å². The highest BCUT2D eigenvalue weighted by atomic mass is 16.5. The summed E-state index contributed by atoms with van der Waals surface area (Å²) in [6.45, 7) is 6.82. The van der Waals surface area contributed by atoms with Crippen LogP contribution in [0.4, 0.5) is 0 Å². The molecule has 1 rings (SSSR count). The second-order valence-corrected chi connectivity index (χ2v) is 4.45. The number of rotatable bonds is 6. The third-order valence-electron chi connectivity index (χ3n) is 2.89. The Labute approximate surface area is 92.4 Å². The minimum atomic E-state index is 0.281. The van der Waals surface area contributed by atoms with Gasteiger partial charge in [0.15, 0.2) is 0 Å². The zero-order valence-electron chi connectivity index (χ0n) is 9.69. The number of nitrogens with two attached hydrogens (primary N) is 1. The van der Waals surface area contributed by atoms with Crippen LogP contribution in [0, 0.1) is 5.92 Å². The molecule has 0 spiro atoms. The number of aliphatic hydroxyl groups excluding tert-OH is 1. The second-order valence-electron chi connectivity index (χ2n) is 4.45. The van der Waals surface area contributed by atoms with Gasteiger partial charge in [-0.25, -0.2) is 0 Å². The van der Waals surface area contributed by atoms with Crippen LogP contribution in [0.1, 0.15) is 19.8 Å². The maximum absolute atomic E-state index is 8.97. The summed E-state index contributed by atoms with van der Waals surface area (Å²) in [5.41, 5.74) is 5.39. The average molecular weight is 216 g/mol. The van der Waals surface area contributed by atoms with Gasteiger partial charge in [-0.3, -0.25) is 0 Å². The summed E-state index contributed by atoms with van der Waals surface area (Å²) in [5.74, 6) is 0.381. The molecule has 1 fully saturated rings. The van der Waals surface area contributed by atoms with Crippen LogP contribution in [0.3, 0.4) is 0 Å². The molecule has 0 saturated carbocycles. The normalized spacial score (nSPS) is 21.8. The van der Waals surface area contributed by atoms with Crippen LogP contribution in [-0.2, 0) is 4.74 Å². The van der Waals surface area contributed by atoms with Crippen LogP contribution in [0.5, 0.6) is 0 Å². The van der Waals surface area contributed by atoms with Gasteiger partial charge in [0.1, 0.15) is 0 Å². The van der Waals surface area contributed by atoms with E-state index >= 15 is 0 Å². The van der Waals surface area contributed by atoms with E-state index in [0.29, 0.717) is 25.2 Å². The lowest BCUT2D eigenvalue weighted by molar-refractivity contribution is 0.00716. The smallest absolute Gasteiger partial charge is 0.0600 e. The Hall–Kier alpha value is -0.160. The fraction of sp³-hybridized carbons (Fsp3) is 1.00. The zero-order chi connectivity index (χ0) is 11.1. The molecule has 0 aromatic carbocycles. The van der Waals surface area contributed by atoms with Crippen LogP contribution in [-0.4, -0.2) is 55.5 Å². The van der Waals surface area contributed by atoms with Gasteiger partial charge in [0.05, 0.1) is 12.7 Å². The quantitative estimate of drug-likeness (QED) is 0.659. The first-order chi connectivity index (χ1) is 7.26. The fourth-order valence-corrected chi connectivity index (χ4v) is 1.99. The number of hydrogen-bond donors (Lipinski definition) is 2. The van der Waals surface area contributed by atoms with E-state index in [0.717, 1.165) is 32.5 Å². The standard InChI is InChI=1S/C11H24N2O2/c1-10(9-14)8-13-5-2-11(3-6-13)15-7-4-12/h10-11,14H,2-9,12H2,1H3. The van der Waals surface area contributed by atoms with Crippen LogP contribution in [0.2, 0.25) is 0 Å². The predicted molar refractivity (Wildman–Crippen MR) is 60.7 cm³/mol. The van der Waals surface area contributed by atoms with Crippen molar-refractivity contribution in [3.63, 3.8) is 0 Å². The summed E-state index contributed by atoms with van der Waals surface area (Å²) in [6, 6.07) is 0. The molecule has 1 saturated heterocycles. The van der Waals surface area contributed by atoms with Crippen LogP contribution in [0.25, 0.3) is 0 Å². The molecular weight excluding hydrogens is 192 g/mol. The SMILES string of the molecule is CC(CO)CN1CCC(OCCN)CC1. The maximum Gasteiger partial charge on any atom is 0.0600 e. The maximum atomic E-state index is 8.97. The molecule has 0 aromatic heterocycles. The Kier molecular flexibility index (Phi) is 6.17. The molecule has 0 amide bonds. The number of ether oxygens (including phenoxy) is 1. The van der Waals surface area contributed by atoms with Crippen molar-refractivity contribution in [1.29, 1.82) is 0 Å². The van der Waals surface area contributed by atoms with E-state index < -0.39 is 0 Å². The van der Waals surface area contributed by atoms with E-state index in [2.05, 4.69) is 11.8 Å². The molecule has 4 heteroatoms. The number of piperidine rings is 1. The van der Waals surface area contributed by atoms with Gasteiger partial charge in [0, 0.05) is 32.8 Å². The number of nitrogens with zero attached hydrogens (tertiary/aromatic N) is 1. The molecule has 4 nitrogen and oxygen atoms in total. The first kappa shape index (κ1) is 12.9. The molecule has 0 bridgehead atoms. The molecule has 0 radical (unpaired) electrons. The van der Waals surface area contributed by atoms with Gasteiger partial charge < -0.3 is 20.5 Å². The van der Waals surface area contributed by atoms with E-state index in [-0.39, 0.29) is 6.61 Å². The van der Waals surface area contributed by atoms with Crippen molar-refractivity contribution in [2.24, 2.45) is 11.7 Å². The fourth-order valence-electron chi connectivity index (χ4n) is 1.99. The van der Waals surface area contributed by atoms with E-state index in [1.165, 1.54) is 0 Å². The monoisotopic (exact) mass is 216 g/mol. The van der Waals surface area contributed by atoms with E-state index in [1.54, 1.807) is 0 Å². The lowest BCUT2D eigenvalue weighted by Gasteiger charge is -2.33. The van der Waals surface area contributed by atoms with E-state index in [4.69, 9.17) is 15.6 Å². The largest absolute Gasteiger partial charge is 0.396 e. The van der Waals surface area contributed by atoms with Crippen molar-refractivity contribution in [3.05, 3.63) is 0 Å². The lowest BCUT2D eigenvalue weighted by atomic mass is 10.1. The topological polar surface area (TPSA) is 58.7 Å². The molecular formula is C11H24N2O2. The minimum absolute atomic E-state index is 0.281. The number of hydrogen-bond acceptors (Lipinski definition) is 4. The van der Waals surface area contributed by atoms with Crippen LogP contribution in [0.15, 0.2) is 0 Å². The van der Waals surface area contributed by atoms with Crippen molar-refractivity contribution >= 4 is 0 Å². The highest BCUT2D eigenvalue weighted by molar-refractivity contribution is 4.73. The van der Waals surface area contributed by atoms with Gasteiger partial charge in [-0.05, 0) is 18.8 Å². The highest BCUT2D eigenvalue weighted by Crippen LogP contribution is 2.14. The van der Waals surface area contributed by atoms with E-state index in [9.17, 15) is 0 Å². The van der Waals surface area contributed by atoms with Gasteiger partial charge in [-0.15, -0.1) is 0 Å². The first-order valence-electron chi connectivity index (χ1n) is 5.91. The average Bonchev–Trinajstić information content (AvgIpc) is 2.28. The molecule has 1 unspecified atom stereocenters. The van der Waals surface area contributed by atoms with Crippen molar-refractivity contribution in [1.82, 2.24) is 4.90 Å². The second kappa shape index (κ2) is 7.17. The van der Waals surface area contributed by atoms with Crippen LogP contribution < -0.4 is 5.73 Å². The summed E-state index contributed by atoms with van der Waals surface area (Å²) in [4.78, 5) is 2.41.